The van der Waals surface area contributed by atoms with Gasteiger partial charge in [0.25, 0.3) is 0 Å². The van der Waals surface area contributed by atoms with E-state index in [1.54, 1.807) is 7.11 Å². The number of ether oxygens (including phenoxy) is 1. The van der Waals surface area contributed by atoms with Crippen molar-refractivity contribution in [1.29, 1.82) is 0 Å². The number of hydrogen-bond donors (Lipinski definition) is 1. The highest BCUT2D eigenvalue weighted by Crippen LogP contribution is 2.30. The number of aromatic nitrogens is 1. The zero-order chi connectivity index (χ0) is 14.1. The number of methoxy groups -OCH3 is 1. The molecule has 0 unspecified atom stereocenters. The normalized spacial score (nSPS) is 14.9. The van der Waals surface area contributed by atoms with Gasteiger partial charge in [-0.05, 0) is 37.6 Å². The van der Waals surface area contributed by atoms with Gasteiger partial charge >= 0.3 is 0 Å². The van der Waals surface area contributed by atoms with Crippen molar-refractivity contribution < 1.29 is 4.74 Å². The van der Waals surface area contributed by atoms with E-state index in [1.807, 2.05) is 18.2 Å². The predicted molar refractivity (Wildman–Crippen MR) is 81.8 cm³/mol. The van der Waals surface area contributed by atoms with Crippen LogP contribution in [0.3, 0.4) is 0 Å². The number of nitrogens with zero attached hydrogens (tertiary/aromatic N) is 2. The number of pyridine rings is 1. The van der Waals surface area contributed by atoms with Gasteiger partial charge in [0.2, 0.25) is 0 Å². The minimum Gasteiger partial charge on any atom is -0.497 e. The quantitative estimate of drug-likeness (QED) is 0.908. The number of nitrogen functional groups attached to an aromatic ring is 1. The summed E-state index contributed by atoms with van der Waals surface area (Å²) in [4.78, 5) is 7.00. The van der Waals surface area contributed by atoms with Crippen molar-refractivity contribution in [3.63, 3.8) is 0 Å². The van der Waals surface area contributed by atoms with Gasteiger partial charge in [-0.3, -0.25) is 4.90 Å². The minimum atomic E-state index is 0.629. The summed E-state index contributed by atoms with van der Waals surface area (Å²) >= 11 is 0. The lowest BCUT2D eigenvalue weighted by Gasteiger charge is -2.20. The monoisotopic (exact) mass is 271 g/mol. The maximum atomic E-state index is 6.12. The first-order valence-electron chi connectivity index (χ1n) is 7.18. The number of hydrogen-bond acceptors (Lipinski definition) is 4. The summed E-state index contributed by atoms with van der Waals surface area (Å²) in [5.74, 6) is 1.44. The third-order valence-corrected chi connectivity index (χ3v) is 3.98. The molecule has 0 amide bonds. The lowest BCUT2D eigenvalue weighted by Crippen LogP contribution is -2.25. The molecule has 4 heteroatoms. The van der Waals surface area contributed by atoms with Crippen LogP contribution >= 0.6 is 0 Å². The number of benzene rings is 1. The predicted octanol–water partition coefficient (Wildman–Crippen LogP) is 2.81. The van der Waals surface area contributed by atoms with E-state index in [1.165, 1.54) is 12.8 Å². The number of rotatable bonds is 5. The van der Waals surface area contributed by atoms with Crippen LogP contribution < -0.4 is 10.5 Å². The Hall–Kier alpha value is -1.81. The molecule has 0 radical (unpaired) electrons. The molecule has 1 heterocycles. The van der Waals surface area contributed by atoms with Crippen molar-refractivity contribution in [2.24, 2.45) is 0 Å². The van der Waals surface area contributed by atoms with Gasteiger partial charge in [0.05, 0.1) is 12.6 Å². The molecule has 0 atom stereocenters. The van der Waals surface area contributed by atoms with E-state index in [-0.39, 0.29) is 0 Å². The molecule has 1 aliphatic rings. The fourth-order valence-corrected chi connectivity index (χ4v) is 2.62. The summed E-state index contributed by atoms with van der Waals surface area (Å²) in [6.45, 7) is 4.15. The molecule has 20 heavy (non-hydrogen) atoms. The first-order chi connectivity index (χ1) is 9.71. The molecule has 1 aromatic carbocycles. The number of anilines is 1. The van der Waals surface area contributed by atoms with Gasteiger partial charge in [-0.2, -0.15) is 0 Å². The molecule has 1 aromatic heterocycles. The molecule has 3 rings (SSSR count). The van der Waals surface area contributed by atoms with Crippen molar-refractivity contribution in [2.45, 2.75) is 32.4 Å². The standard InChI is InChI=1S/C16H21N3O/c1-3-19(13-5-6-13)10-12-8-11-4-7-14(20-2)9-15(11)18-16(12)17/h4,7-9,13H,3,5-6,10H2,1-2H3,(H2,17,18). The van der Waals surface area contributed by atoms with E-state index in [0.717, 1.165) is 41.3 Å². The van der Waals surface area contributed by atoms with Crippen molar-refractivity contribution in [3.05, 3.63) is 29.8 Å². The largest absolute Gasteiger partial charge is 0.497 e. The summed E-state index contributed by atoms with van der Waals surface area (Å²) in [6, 6.07) is 8.82. The van der Waals surface area contributed by atoms with Gasteiger partial charge in [0.1, 0.15) is 11.6 Å². The summed E-state index contributed by atoms with van der Waals surface area (Å²) in [7, 11) is 1.66. The smallest absolute Gasteiger partial charge is 0.128 e. The Kier molecular flexibility index (Phi) is 3.49. The van der Waals surface area contributed by atoms with Gasteiger partial charge < -0.3 is 10.5 Å². The summed E-state index contributed by atoms with van der Waals surface area (Å²) in [5, 5.41) is 1.11. The molecular weight excluding hydrogens is 250 g/mol. The average Bonchev–Trinajstić information content (AvgIpc) is 3.29. The molecular formula is C16H21N3O. The van der Waals surface area contributed by atoms with Crippen LogP contribution in [0.25, 0.3) is 10.9 Å². The lowest BCUT2D eigenvalue weighted by molar-refractivity contribution is 0.269. The van der Waals surface area contributed by atoms with E-state index in [9.17, 15) is 0 Å². The van der Waals surface area contributed by atoms with E-state index in [0.29, 0.717) is 5.82 Å². The third-order valence-electron chi connectivity index (χ3n) is 3.98. The first kappa shape index (κ1) is 13.2. The lowest BCUT2D eigenvalue weighted by atomic mass is 10.1. The highest BCUT2D eigenvalue weighted by atomic mass is 16.5. The van der Waals surface area contributed by atoms with E-state index in [2.05, 4.69) is 22.9 Å². The second-order valence-corrected chi connectivity index (χ2v) is 5.39. The topological polar surface area (TPSA) is 51.4 Å². The van der Waals surface area contributed by atoms with Crippen LogP contribution in [0.1, 0.15) is 25.3 Å². The second-order valence-electron chi connectivity index (χ2n) is 5.39. The van der Waals surface area contributed by atoms with Crippen LogP contribution in [-0.2, 0) is 6.54 Å². The SMILES string of the molecule is CCN(Cc1cc2ccc(OC)cc2nc1N)C1CC1. The first-order valence-corrected chi connectivity index (χ1v) is 7.18. The molecule has 0 aliphatic heterocycles. The fraction of sp³-hybridized carbons (Fsp3) is 0.438. The van der Waals surface area contributed by atoms with Crippen molar-refractivity contribution in [1.82, 2.24) is 9.88 Å². The van der Waals surface area contributed by atoms with Crippen LogP contribution in [0.15, 0.2) is 24.3 Å². The Bertz CT molecular complexity index is 622. The molecule has 1 aliphatic carbocycles. The Labute approximate surface area is 119 Å². The molecule has 2 aromatic rings. The van der Waals surface area contributed by atoms with E-state index < -0.39 is 0 Å². The van der Waals surface area contributed by atoms with Crippen molar-refractivity contribution in [2.75, 3.05) is 19.4 Å². The molecule has 0 saturated heterocycles. The molecule has 106 valence electrons. The maximum absolute atomic E-state index is 6.12. The number of nitrogens with two attached hydrogens (primary N) is 1. The highest BCUT2D eigenvalue weighted by molar-refractivity contribution is 5.82. The van der Waals surface area contributed by atoms with E-state index >= 15 is 0 Å². The molecule has 1 saturated carbocycles. The minimum absolute atomic E-state index is 0.629. The van der Waals surface area contributed by atoms with Crippen LogP contribution in [0.2, 0.25) is 0 Å². The summed E-state index contributed by atoms with van der Waals surface area (Å²) in [5.41, 5.74) is 8.13. The van der Waals surface area contributed by atoms with Gasteiger partial charge in [-0.25, -0.2) is 4.98 Å². The highest BCUT2D eigenvalue weighted by Gasteiger charge is 2.28. The Morgan fingerprint density at radius 2 is 2.15 bits per heavy atom. The van der Waals surface area contributed by atoms with Crippen molar-refractivity contribution in [3.8, 4) is 5.75 Å². The van der Waals surface area contributed by atoms with Crippen LogP contribution in [0.4, 0.5) is 5.82 Å². The van der Waals surface area contributed by atoms with Gasteiger partial charge in [-0.1, -0.05) is 6.92 Å². The molecule has 0 spiro atoms. The van der Waals surface area contributed by atoms with Crippen LogP contribution in [0, 0.1) is 0 Å². The van der Waals surface area contributed by atoms with Gasteiger partial charge in [0.15, 0.2) is 0 Å². The molecule has 0 bridgehead atoms. The van der Waals surface area contributed by atoms with Gasteiger partial charge in [0, 0.05) is 29.6 Å². The number of fused-ring (bicyclic) bond motifs is 1. The van der Waals surface area contributed by atoms with Crippen molar-refractivity contribution >= 4 is 16.7 Å². The van der Waals surface area contributed by atoms with E-state index in [4.69, 9.17) is 10.5 Å². The second kappa shape index (κ2) is 5.29. The zero-order valence-electron chi connectivity index (χ0n) is 12.1. The van der Waals surface area contributed by atoms with Crippen LogP contribution in [-0.4, -0.2) is 29.6 Å². The van der Waals surface area contributed by atoms with Gasteiger partial charge in [-0.15, -0.1) is 0 Å². The Balaban J connectivity index is 1.92. The summed E-state index contributed by atoms with van der Waals surface area (Å²) < 4.78 is 5.23. The third kappa shape index (κ3) is 2.56. The zero-order valence-corrected chi connectivity index (χ0v) is 12.1. The summed E-state index contributed by atoms with van der Waals surface area (Å²) in [6.07, 6.45) is 2.62. The average molecular weight is 271 g/mol. The molecule has 1 fully saturated rings. The van der Waals surface area contributed by atoms with Crippen LogP contribution in [0.5, 0.6) is 5.75 Å². The Morgan fingerprint density at radius 3 is 2.80 bits per heavy atom. The fourth-order valence-electron chi connectivity index (χ4n) is 2.62. The maximum Gasteiger partial charge on any atom is 0.128 e. The molecule has 2 N–H and O–H groups in total. The Morgan fingerprint density at radius 1 is 1.35 bits per heavy atom. The molecule has 4 nitrogen and oxygen atoms in total.